The van der Waals surface area contributed by atoms with Gasteiger partial charge in [-0.05, 0) is 29.8 Å². The van der Waals surface area contributed by atoms with Gasteiger partial charge in [0.05, 0.1) is 5.56 Å². The van der Waals surface area contributed by atoms with Crippen LogP contribution < -0.4 is 10.6 Å². The summed E-state index contributed by atoms with van der Waals surface area (Å²) in [5.74, 6) is -1.15. The van der Waals surface area contributed by atoms with E-state index in [0.717, 1.165) is 5.56 Å². The number of benzene rings is 2. The number of amides is 2. The molecule has 0 spiro atoms. The highest BCUT2D eigenvalue weighted by Crippen LogP contribution is 2.10. The maximum atomic E-state index is 13.4. The predicted molar refractivity (Wildman–Crippen MR) is 78.3 cm³/mol. The molecule has 0 heterocycles. The van der Waals surface area contributed by atoms with E-state index in [1.54, 1.807) is 30.3 Å². The van der Waals surface area contributed by atoms with Crippen LogP contribution in [0.3, 0.4) is 0 Å². The molecule has 0 radical (unpaired) electrons. The van der Waals surface area contributed by atoms with E-state index in [0.29, 0.717) is 5.69 Å². The van der Waals surface area contributed by atoms with Crippen LogP contribution in [-0.4, -0.2) is 11.8 Å². The van der Waals surface area contributed by atoms with Gasteiger partial charge in [0, 0.05) is 19.2 Å². The molecule has 0 saturated carbocycles. The molecule has 0 aliphatic rings. The maximum absolute atomic E-state index is 13.4. The number of nitrogens with one attached hydrogen (secondary N) is 2. The largest absolute Gasteiger partial charge is 0.348 e. The zero-order chi connectivity index (χ0) is 15.2. The van der Waals surface area contributed by atoms with Gasteiger partial charge in [0.2, 0.25) is 5.91 Å². The van der Waals surface area contributed by atoms with E-state index < -0.39 is 11.7 Å². The van der Waals surface area contributed by atoms with Crippen molar-refractivity contribution in [2.24, 2.45) is 0 Å². The lowest BCUT2D eigenvalue weighted by atomic mass is 10.1. The molecular weight excluding hydrogens is 271 g/mol. The molecule has 2 aromatic rings. The molecule has 21 heavy (non-hydrogen) atoms. The SMILES string of the molecule is CC(=O)Nc1ccc(CNC(=O)c2ccccc2F)cc1. The van der Waals surface area contributed by atoms with Crippen molar-refractivity contribution in [3.05, 3.63) is 65.5 Å². The summed E-state index contributed by atoms with van der Waals surface area (Å²) in [6, 6.07) is 12.9. The van der Waals surface area contributed by atoms with Crippen molar-refractivity contribution >= 4 is 17.5 Å². The van der Waals surface area contributed by atoms with Gasteiger partial charge in [-0.2, -0.15) is 0 Å². The molecule has 0 aromatic heterocycles. The van der Waals surface area contributed by atoms with E-state index in [2.05, 4.69) is 10.6 Å². The Morgan fingerprint density at radius 1 is 1.05 bits per heavy atom. The van der Waals surface area contributed by atoms with Crippen molar-refractivity contribution in [1.82, 2.24) is 5.32 Å². The summed E-state index contributed by atoms with van der Waals surface area (Å²) in [6.07, 6.45) is 0. The first-order valence-corrected chi connectivity index (χ1v) is 6.45. The van der Waals surface area contributed by atoms with Crippen LogP contribution >= 0.6 is 0 Å². The fraction of sp³-hybridized carbons (Fsp3) is 0.125. The third-order valence-corrected chi connectivity index (χ3v) is 2.85. The zero-order valence-electron chi connectivity index (χ0n) is 11.5. The highest BCUT2D eigenvalue weighted by molar-refractivity contribution is 5.94. The van der Waals surface area contributed by atoms with Crippen molar-refractivity contribution in [3.8, 4) is 0 Å². The molecule has 2 amide bonds. The van der Waals surface area contributed by atoms with Crippen molar-refractivity contribution in [1.29, 1.82) is 0 Å². The minimum absolute atomic E-state index is 0.0207. The lowest BCUT2D eigenvalue weighted by Gasteiger charge is -2.07. The standard InChI is InChI=1S/C16H15FN2O2/c1-11(20)19-13-8-6-12(7-9-13)10-18-16(21)14-4-2-3-5-15(14)17/h2-9H,10H2,1H3,(H,18,21)(H,19,20). The molecule has 4 nitrogen and oxygen atoms in total. The predicted octanol–water partition coefficient (Wildman–Crippen LogP) is 2.71. The monoisotopic (exact) mass is 286 g/mol. The van der Waals surface area contributed by atoms with E-state index in [-0.39, 0.29) is 18.0 Å². The van der Waals surface area contributed by atoms with Gasteiger partial charge in [0.15, 0.2) is 0 Å². The average molecular weight is 286 g/mol. The molecule has 0 fully saturated rings. The van der Waals surface area contributed by atoms with Gasteiger partial charge < -0.3 is 10.6 Å². The second-order valence-corrected chi connectivity index (χ2v) is 4.54. The molecule has 0 saturated heterocycles. The second kappa shape index (κ2) is 6.65. The Labute approximate surface area is 122 Å². The molecule has 2 rings (SSSR count). The number of halogens is 1. The minimum atomic E-state index is -0.545. The Morgan fingerprint density at radius 2 is 1.71 bits per heavy atom. The highest BCUT2D eigenvalue weighted by Gasteiger charge is 2.09. The lowest BCUT2D eigenvalue weighted by molar-refractivity contribution is -0.114. The van der Waals surface area contributed by atoms with Crippen LogP contribution in [0, 0.1) is 5.82 Å². The molecule has 0 aliphatic heterocycles. The van der Waals surface area contributed by atoms with Crippen LogP contribution in [-0.2, 0) is 11.3 Å². The Kier molecular flexibility index (Phi) is 4.66. The average Bonchev–Trinajstić information content (AvgIpc) is 2.46. The smallest absolute Gasteiger partial charge is 0.254 e. The zero-order valence-corrected chi connectivity index (χ0v) is 11.5. The van der Waals surface area contributed by atoms with Gasteiger partial charge in [-0.3, -0.25) is 9.59 Å². The van der Waals surface area contributed by atoms with Crippen LogP contribution in [0.5, 0.6) is 0 Å². The molecule has 5 heteroatoms. The molecule has 0 atom stereocenters. The molecule has 108 valence electrons. The summed E-state index contributed by atoms with van der Waals surface area (Å²) in [5, 5.41) is 5.30. The number of carbonyl (C=O) groups excluding carboxylic acids is 2. The van der Waals surface area contributed by atoms with Crippen LogP contribution in [0.4, 0.5) is 10.1 Å². The number of rotatable bonds is 4. The van der Waals surface area contributed by atoms with Gasteiger partial charge in [-0.25, -0.2) is 4.39 Å². The summed E-state index contributed by atoms with van der Waals surface area (Å²) < 4.78 is 13.4. The first-order chi connectivity index (χ1) is 10.1. The topological polar surface area (TPSA) is 58.2 Å². The summed E-state index contributed by atoms with van der Waals surface area (Å²) in [6.45, 7) is 1.72. The van der Waals surface area contributed by atoms with Gasteiger partial charge in [-0.15, -0.1) is 0 Å². The van der Waals surface area contributed by atoms with E-state index >= 15 is 0 Å². The fourth-order valence-corrected chi connectivity index (χ4v) is 1.83. The number of carbonyl (C=O) groups is 2. The van der Waals surface area contributed by atoms with Crippen molar-refractivity contribution < 1.29 is 14.0 Å². The van der Waals surface area contributed by atoms with E-state index in [1.807, 2.05) is 0 Å². The van der Waals surface area contributed by atoms with Crippen molar-refractivity contribution in [3.63, 3.8) is 0 Å². The summed E-state index contributed by atoms with van der Waals surface area (Å²) in [7, 11) is 0. The molecule has 2 aromatic carbocycles. The Balaban J connectivity index is 1.95. The number of hydrogen-bond donors (Lipinski definition) is 2. The lowest BCUT2D eigenvalue weighted by Crippen LogP contribution is -2.23. The normalized spacial score (nSPS) is 10.0. The first kappa shape index (κ1) is 14.7. The van der Waals surface area contributed by atoms with Crippen LogP contribution in [0.2, 0.25) is 0 Å². The number of anilines is 1. The molecule has 0 bridgehead atoms. The molecule has 0 aliphatic carbocycles. The fourth-order valence-electron chi connectivity index (χ4n) is 1.83. The third kappa shape index (κ3) is 4.14. The van der Waals surface area contributed by atoms with E-state index in [1.165, 1.54) is 25.1 Å². The summed E-state index contributed by atoms with van der Waals surface area (Å²) in [4.78, 5) is 22.7. The van der Waals surface area contributed by atoms with Gasteiger partial charge in [0.25, 0.3) is 5.91 Å². The first-order valence-electron chi connectivity index (χ1n) is 6.45. The maximum Gasteiger partial charge on any atom is 0.254 e. The van der Waals surface area contributed by atoms with E-state index in [9.17, 15) is 14.0 Å². The van der Waals surface area contributed by atoms with Crippen LogP contribution in [0.25, 0.3) is 0 Å². The molecule has 2 N–H and O–H groups in total. The third-order valence-electron chi connectivity index (χ3n) is 2.85. The van der Waals surface area contributed by atoms with Gasteiger partial charge >= 0.3 is 0 Å². The summed E-state index contributed by atoms with van der Waals surface area (Å²) >= 11 is 0. The molecule has 0 unspecified atom stereocenters. The Morgan fingerprint density at radius 3 is 2.33 bits per heavy atom. The Bertz CT molecular complexity index is 654. The van der Waals surface area contributed by atoms with Gasteiger partial charge in [-0.1, -0.05) is 24.3 Å². The van der Waals surface area contributed by atoms with Crippen molar-refractivity contribution in [2.75, 3.05) is 5.32 Å². The van der Waals surface area contributed by atoms with Gasteiger partial charge in [0.1, 0.15) is 5.82 Å². The summed E-state index contributed by atoms with van der Waals surface area (Å²) in [5.41, 5.74) is 1.56. The second-order valence-electron chi connectivity index (χ2n) is 4.54. The van der Waals surface area contributed by atoms with Crippen LogP contribution in [0.1, 0.15) is 22.8 Å². The molecular formula is C16H15FN2O2. The Hall–Kier alpha value is -2.69. The number of hydrogen-bond acceptors (Lipinski definition) is 2. The highest BCUT2D eigenvalue weighted by atomic mass is 19.1. The minimum Gasteiger partial charge on any atom is -0.348 e. The van der Waals surface area contributed by atoms with Crippen molar-refractivity contribution in [2.45, 2.75) is 13.5 Å². The van der Waals surface area contributed by atoms with Crippen LogP contribution in [0.15, 0.2) is 48.5 Å². The van der Waals surface area contributed by atoms with E-state index in [4.69, 9.17) is 0 Å². The quantitative estimate of drug-likeness (QED) is 0.908.